The van der Waals surface area contributed by atoms with E-state index in [1.165, 1.54) is 42.6 Å². The molecule has 0 radical (unpaired) electrons. The van der Waals surface area contributed by atoms with Crippen LogP contribution in [0.4, 0.5) is 17.1 Å². The summed E-state index contributed by atoms with van der Waals surface area (Å²) in [5, 5.41) is 12.3. The third kappa shape index (κ3) is 6.26. The van der Waals surface area contributed by atoms with Crippen molar-refractivity contribution in [2.45, 2.75) is 0 Å². The summed E-state index contributed by atoms with van der Waals surface area (Å²) in [4.78, 5) is 2.47. The number of hydrogen-bond acceptors (Lipinski definition) is 2. The molecule has 3 nitrogen and oxygen atoms in total. The first kappa shape index (κ1) is 39.6. The van der Waals surface area contributed by atoms with Gasteiger partial charge in [-0.25, -0.2) is 0 Å². The molecule has 0 fully saturated rings. The zero-order chi connectivity index (χ0) is 45.0. The number of nitrogens with zero attached hydrogens (tertiary/aromatic N) is 2. The Hall–Kier alpha value is -8.70. The lowest BCUT2D eigenvalue weighted by Crippen LogP contribution is -2.74. The summed E-state index contributed by atoms with van der Waals surface area (Å²) in [5.74, 6) is 0. The molecule has 0 atom stereocenters. The van der Waals surface area contributed by atoms with E-state index in [9.17, 15) is 0 Å². The van der Waals surface area contributed by atoms with Crippen molar-refractivity contribution in [2.24, 2.45) is 0 Å². The van der Waals surface area contributed by atoms with Crippen LogP contribution in [-0.2, 0) is 0 Å². The van der Waals surface area contributed by atoms with Crippen molar-refractivity contribution in [3.63, 3.8) is 0 Å². The van der Waals surface area contributed by atoms with Gasteiger partial charge in [0.15, 0.2) is 13.7 Å². The number of aromatic nitrogens is 1. The van der Waals surface area contributed by atoms with Gasteiger partial charge in [-0.15, -0.1) is 0 Å². The van der Waals surface area contributed by atoms with Crippen LogP contribution in [0.3, 0.4) is 0 Å². The average molecular weight is 885 g/mol. The largest absolute Gasteiger partial charge is 0.454 e. The summed E-state index contributed by atoms with van der Waals surface area (Å²) >= 11 is 0. The van der Waals surface area contributed by atoms with Crippen LogP contribution >= 0.6 is 0 Å². The van der Waals surface area contributed by atoms with Crippen LogP contribution in [0.1, 0.15) is 0 Å². The van der Waals surface area contributed by atoms with Gasteiger partial charge in [-0.2, -0.15) is 0 Å². The molecule has 2 heterocycles. The maximum Gasteiger partial charge on any atom is 0.179 e. The molecule has 0 bridgehead atoms. The summed E-state index contributed by atoms with van der Waals surface area (Å²) in [6.07, 6.45) is 0. The van der Waals surface area contributed by atoms with Gasteiger partial charge in [0.2, 0.25) is 0 Å². The lowest BCUT2D eigenvalue weighted by molar-refractivity contribution is 0.671. The van der Waals surface area contributed by atoms with Crippen molar-refractivity contribution in [1.29, 1.82) is 0 Å². The smallest absolute Gasteiger partial charge is 0.179 e. The first-order valence-corrected chi connectivity index (χ1v) is 25.3. The van der Waals surface area contributed by atoms with Gasteiger partial charge in [-0.3, -0.25) is 0 Å². The Morgan fingerprint density at radius 1 is 0.382 bits per heavy atom. The molecule has 320 valence electrons. The van der Waals surface area contributed by atoms with Crippen molar-refractivity contribution in [2.75, 3.05) is 4.90 Å². The Labute approximate surface area is 396 Å². The van der Waals surface area contributed by atoms with Gasteiger partial charge in [0.25, 0.3) is 0 Å². The minimum Gasteiger partial charge on any atom is -0.454 e. The fraction of sp³-hybridized carbons (Fsp3) is 0. The van der Waals surface area contributed by atoms with Crippen molar-refractivity contribution in [3.05, 3.63) is 267 Å². The average Bonchev–Trinajstić information content (AvgIpc) is 3.97. The number of anilines is 3. The summed E-state index contributed by atoms with van der Waals surface area (Å²) in [6.45, 7) is 0. The topological polar surface area (TPSA) is 21.3 Å². The van der Waals surface area contributed by atoms with Crippen LogP contribution in [0, 0.1) is 0 Å². The van der Waals surface area contributed by atoms with Crippen molar-refractivity contribution in [3.8, 4) is 16.8 Å². The van der Waals surface area contributed by atoms with Crippen LogP contribution in [0.25, 0.3) is 71.3 Å². The van der Waals surface area contributed by atoms with E-state index >= 15 is 0 Å². The van der Waals surface area contributed by atoms with Gasteiger partial charge >= 0.3 is 0 Å². The van der Waals surface area contributed by atoms with Crippen LogP contribution in [0.15, 0.2) is 271 Å². The minimum absolute atomic E-state index is 0.866. The van der Waals surface area contributed by atoms with Crippen molar-refractivity contribution < 1.29 is 4.42 Å². The monoisotopic (exact) mass is 884 g/mol. The van der Waals surface area contributed by atoms with E-state index < -0.39 is 8.07 Å². The highest BCUT2D eigenvalue weighted by molar-refractivity contribution is 7.19. The number of rotatable bonds is 9. The number of furan rings is 1. The Morgan fingerprint density at radius 3 is 1.53 bits per heavy atom. The molecule has 13 rings (SSSR count). The lowest BCUT2D eigenvalue weighted by Gasteiger charge is -2.35. The predicted octanol–water partition coefficient (Wildman–Crippen LogP) is 14.4. The number of para-hydroxylation sites is 3. The van der Waals surface area contributed by atoms with Crippen LogP contribution in [0.5, 0.6) is 0 Å². The highest BCUT2D eigenvalue weighted by Gasteiger charge is 2.41. The van der Waals surface area contributed by atoms with Gasteiger partial charge in [-0.05, 0) is 97.2 Å². The summed E-state index contributed by atoms with van der Waals surface area (Å²) in [7, 11) is -2.79. The normalized spacial score (nSPS) is 11.8. The Morgan fingerprint density at radius 2 is 0.882 bits per heavy atom. The fourth-order valence-corrected chi connectivity index (χ4v) is 15.7. The SMILES string of the molecule is c1ccc(-n2c3ccccc3c3c(N(c4ccc(-c5cccc6ccccc56)cc4)c4ccc([Si](c5ccccc5)(c5ccccc5)c5ccccc5)cc4)cc4c5ccccc5oc4c32)cc1. The van der Waals surface area contributed by atoms with Gasteiger partial charge in [0.05, 0.1) is 16.7 Å². The van der Waals surface area contributed by atoms with Crippen LogP contribution in [-0.4, -0.2) is 12.6 Å². The molecule has 13 aromatic rings. The minimum atomic E-state index is -2.79. The third-order valence-electron chi connectivity index (χ3n) is 13.9. The zero-order valence-corrected chi connectivity index (χ0v) is 38.2. The Balaban J connectivity index is 1.10. The van der Waals surface area contributed by atoms with E-state index in [0.717, 1.165) is 66.5 Å². The number of fused-ring (bicyclic) bond motifs is 8. The maximum atomic E-state index is 6.95. The summed E-state index contributed by atoms with van der Waals surface area (Å²) in [5.41, 5.74) is 10.6. The van der Waals surface area contributed by atoms with Gasteiger partial charge < -0.3 is 13.9 Å². The molecular weight excluding hydrogens is 841 g/mol. The van der Waals surface area contributed by atoms with Gasteiger partial charge in [0.1, 0.15) is 5.58 Å². The van der Waals surface area contributed by atoms with Gasteiger partial charge in [0, 0.05) is 38.6 Å². The summed E-state index contributed by atoms with van der Waals surface area (Å²) < 4.78 is 9.34. The van der Waals surface area contributed by atoms with E-state index in [4.69, 9.17) is 4.42 Å². The quantitative estimate of drug-likeness (QED) is 0.106. The third-order valence-corrected chi connectivity index (χ3v) is 18.7. The standard InChI is InChI=1S/C64H44N2OSi/c1-5-22-47(23-6-1)66-59-34-17-15-32-57(59)62-60(44-58-56-31-16-18-35-61(56)67-64(58)63(62)66)65(48-38-36-46(37-39-48)55-33-19-21-45-20-13-14-30-54(45)55)49-40-42-53(43-41-49)68(50-24-7-2-8-25-50,51-26-9-3-10-27-51)52-28-11-4-12-29-52/h1-44H. The molecule has 4 heteroatoms. The maximum absolute atomic E-state index is 6.95. The predicted molar refractivity (Wildman–Crippen MR) is 289 cm³/mol. The molecule has 0 saturated carbocycles. The Kier molecular flexibility index (Phi) is 9.51. The molecule has 0 saturated heterocycles. The van der Waals surface area contributed by atoms with Crippen LogP contribution in [0.2, 0.25) is 0 Å². The molecule has 68 heavy (non-hydrogen) atoms. The van der Waals surface area contributed by atoms with Gasteiger partial charge in [-0.1, -0.05) is 212 Å². The second kappa shape index (κ2) is 16.3. The molecule has 2 aromatic heterocycles. The number of benzene rings is 11. The molecule has 0 amide bonds. The lowest BCUT2D eigenvalue weighted by atomic mass is 9.98. The van der Waals surface area contributed by atoms with Crippen LogP contribution < -0.4 is 25.6 Å². The molecule has 0 spiro atoms. The summed E-state index contributed by atoms with van der Waals surface area (Å²) in [6, 6.07) is 97.7. The first-order valence-electron chi connectivity index (χ1n) is 23.3. The second-order valence-corrected chi connectivity index (χ2v) is 21.4. The molecule has 0 aliphatic rings. The highest BCUT2D eigenvalue weighted by Crippen LogP contribution is 2.49. The van der Waals surface area contributed by atoms with E-state index in [2.05, 4.69) is 276 Å². The van der Waals surface area contributed by atoms with E-state index in [0.29, 0.717) is 0 Å². The molecule has 11 aromatic carbocycles. The zero-order valence-electron chi connectivity index (χ0n) is 37.2. The fourth-order valence-electron chi connectivity index (χ4n) is 10.9. The second-order valence-electron chi connectivity index (χ2n) is 17.6. The number of hydrogen-bond donors (Lipinski definition) is 0. The van der Waals surface area contributed by atoms with Crippen molar-refractivity contribution >= 4 is 100 Å². The van der Waals surface area contributed by atoms with E-state index in [1.807, 2.05) is 0 Å². The van der Waals surface area contributed by atoms with E-state index in [-0.39, 0.29) is 0 Å². The molecule has 0 N–H and O–H groups in total. The highest BCUT2D eigenvalue weighted by atomic mass is 28.3. The first-order chi connectivity index (χ1) is 33.8. The molecule has 0 aliphatic carbocycles. The Bertz CT molecular complexity index is 3840. The molecular formula is C64H44N2OSi. The van der Waals surface area contributed by atoms with E-state index in [1.54, 1.807) is 0 Å². The van der Waals surface area contributed by atoms with Crippen molar-refractivity contribution in [1.82, 2.24) is 4.57 Å². The molecule has 0 unspecified atom stereocenters. The molecule has 0 aliphatic heterocycles.